The molecule has 0 fully saturated rings. The molecule has 0 atom stereocenters. The zero-order valence-electron chi connectivity index (χ0n) is 15.6. The first-order chi connectivity index (χ1) is 11.6. The maximum atomic E-state index is 12.4. The van der Waals surface area contributed by atoms with Crippen molar-refractivity contribution in [3.05, 3.63) is 23.9 Å². The zero-order chi connectivity index (χ0) is 18.2. The van der Waals surface area contributed by atoms with Crippen LogP contribution >= 0.6 is 0 Å². The summed E-state index contributed by atoms with van der Waals surface area (Å²) in [5, 5.41) is 0. The highest BCUT2D eigenvalue weighted by molar-refractivity contribution is 5.95. The Morgan fingerprint density at radius 1 is 1.08 bits per heavy atom. The van der Waals surface area contributed by atoms with Crippen LogP contribution in [0, 0.1) is 0 Å². The van der Waals surface area contributed by atoms with E-state index in [2.05, 4.69) is 23.7 Å². The molecule has 0 aliphatic carbocycles. The molecule has 0 aliphatic heterocycles. The summed E-state index contributed by atoms with van der Waals surface area (Å²) >= 11 is 0. The van der Waals surface area contributed by atoms with Gasteiger partial charge in [-0.2, -0.15) is 0 Å². The van der Waals surface area contributed by atoms with Crippen LogP contribution in [0.1, 0.15) is 58.8 Å². The average molecular weight is 344 g/mol. The second-order valence-electron chi connectivity index (χ2n) is 5.98. The molecule has 0 heterocycles. The predicted octanol–water partition coefficient (Wildman–Crippen LogP) is 4.79. The summed E-state index contributed by atoms with van der Waals surface area (Å²) in [7, 11) is 1.80. The van der Waals surface area contributed by atoms with Crippen LogP contribution in [0.15, 0.2) is 28.9 Å². The van der Waals surface area contributed by atoms with Crippen LogP contribution in [0.4, 0.5) is 8.78 Å². The third kappa shape index (κ3) is 12.2. The molecule has 5 heteroatoms. The van der Waals surface area contributed by atoms with E-state index in [0.29, 0.717) is 6.54 Å². The highest BCUT2D eigenvalue weighted by Gasteiger charge is 2.09. The van der Waals surface area contributed by atoms with Crippen LogP contribution in [0.5, 0.6) is 0 Å². The first kappa shape index (κ1) is 22.8. The molecule has 0 aromatic rings. The minimum absolute atomic E-state index is 0.0284. The summed E-state index contributed by atoms with van der Waals surface area (Å²) in [5.41, 5.74) is 7.69. The Labute approximate surface area is 146 Å². The van der Waals surface area contributed by atoms with Gasteiger partial charge in [0.15, 0.2) is 0 Å². The van der Waals surface area contributed by atoms with E-state index in [1.54, 1.807) is 13.2 Å². The fourth-order valence-corrected chi connectivity index (χ4v) is 2.40. The molecule has 0 saturated heterocycles. The number of unbranched alkanes of at least 4 members (excludes halogenated alkanes) is 2. The number of hydrogen-bond donors (Lipinski definition) is 1. The third-order valence-electron chi connectivity index (χ3n) is 4.05. The van der Waals surface area contributed by atoms with E-state index in [-0.39, 0.29) is 6.42 Å². The minimum atomic E-state index is -2.21. The lowest BCUT2D eigenvalue weighted by Gasteiger charge is -2.21. The van der Waals surface area contributed by atoms with Crippen molar-refractivity contribution in [1.82, 2.24) is 4.90 Å². The molecule has 140 valence electrons. The molecule has 24 heavy (non-hydrogen) atoms. The Morgan fingerprint density at radius 3 is 2.33 bits per heavy atom. The lowest BCUT2D eigenvalue weighted by atomic mass is 10.1. The molecular weight excluding hydrogens is 308 g/mol. The van der Waals surface area contributed by atoms with Gasteiger partial charge in [-0.15, -0.1) is 0 Å². The molecule has 0 radical (unpaired) electrons. The Kier molecular flexibility index (Phi) is 14.5. The van der Waals surface area contributed by atoms with E-state index in [9.17, 15) is 8.78 Å². The normalized spacial score (nSPS) is 13.6. The van der Waals surface area contributed by atoms with Gasteiger partial charge in [0.05, 0.1) is 0 Å². The third-order valence-corrected chi connectivity index (χ3v) is 4.05. The summed E-state index contributed by atoms with van der Waals surface area (Å²) in [4.78, 5) is 6.47. The number of allylic oxidation sites excluding steroid dienone is 3. The molecule has 0 bridgehead atoms. The van der Waals surface area contributed by atoms with Crippen molar-refractivity contribution in [2.45, 2.75) is 65.2 Å². The molecule has 0 rings (SSSR count). The van der Waals surface area contributed by atoms with Gasteiger partial charge in [0, 0.05) is 25.7 Å². The second-order valence-corrected chi connectivity index (χ2v) is 5.98. The maximum absolute atomic E-state index is 12.4. The van der Waals surface area contributed by atoms with Crippen molar-refractivity contribution in [2.75, 3.05) is 26.7 Å². The molecule has 0 saturated carbocycles. The van der Waals surface area contributed by atoms with Gasteiger partial charge in [-0.05, 0) is 63.0 Å². The molecule has 3 nitrogen and oxygen atoms in total. The van der Waals surface area contributed by atoms with Crippen molar-refractivity contribution >= 4 is 5.71 Å². The Morgan fingerprint density at radius 2 is 1.79 bits per heavy atom. The molecule has 0 spiro atoms. The molecule has 0 amide bonds. The van der Waals surface area contributed by atoms with E-state index >= 15 is 0 Å². The molecule has 0 unspecified atom stereocenters. The zero-order valence-corrected chi connectivity index (χ0v) is 15.6. The van der Waals surface area contributed by atoms with Gasteiger partial charge in [-0.3, -0.25) is 4.99 Å². The predicted molar refractivity (Wildman–Crippen MR) is 101 cm³/mol. The van der Waals surface area contributed by atoms with Gasteiger partial charge in [0.25, 0.3) is 0 Å². The van der Waals surface area contributed by atoms with Gasteiger partial charge < -0.3 is 10.6 Å². The van der Waals surface area contributed by atoms with E-state index in [4.69, 9.17) is 5.73 Å². The van der Waals surface area contributed by atoms with Crippen LogP contribution < -0.4 is 5.73 Å². The number of rotatable bonds is 14. The number of halogens is 2. The average Bonchev–Trinajstić information content (AvgIpc) is 2.58. The number of nitrogens with zero attached hydrogens (tertiary/aromatic N) is 2. The first-order valence-corrected chi connectivity index (χ1v) is 9.12. The Hall–Kier alpha value is -1.23. The van der Waals surface area contributed by atoms with Crippen molar-refractivity contribution in [1.29, 1.82) is 0 Å². The Balaban J connectivity index is 4.19. The van der Waals surface area contributed by atoms with Crippen LogP contribution in [0.3, 0.4) is 0 Å². The van der Waals surface area contributed by atoms with Crippen molar-refractivity contribution < 1.29 is 8.78 Å². The van der Waals surface area contributed by atoms with Crippen LogP contribution in [0.25, 0.3) is 0 Å². The highest BCUT2D eigenvalue weighted by Crippen LogP contribution is 2.08. The van der Waals surface area contributed by atoms with E-state index < -0.39 is 6.43 Å². The smallest absolute Gasteiger partial charge is 0.239 e. The van der Waals surface area contributed by atoms with Gasteiger partial charge >= 0.3 is 0 Å². The van der Waals surface area contributed by atoms with Crippen LogP contribution in [-0.2, 0) is 0 Å². The number of hydrogen-bond acceptors (Lipinski definition) is 3. The fourth-order valence-electron chi connectivity index (χ4n) is 2.40. The Bertz CT molecular complexity index is 390. The second kappa shape index (κ2) is 15.3. The van der Waals surface area contributed by atoms with E-state index in [1.807, 2.05) is 12.2 Å². The maximum Gasteiger partial charge on any atom is 0.239 e. The molecular formula is C19H35F2N3. The largest absolute Gasteiger partial charge is 0.404 e. The van der Waals surface area contributed by atoms with Crippen molar-refractivity contribution in [3.8, 4) is 0 Å². The lowest BCUT2D eigenvalue weighted by molar-refractivity contribution is 0.115. The van der Waals surface area contributed by atoms with Crippen molar-refractivity contribution in [2.24, 2.45) is 10.7 Å². The van der Waals surface area contributed by atoms with Gasteiger partial charge in [-0.1, -0.05) is 26.3 Å². The van der Waals surface area contributed by atoms with Gasteiger partial charge in [0.2, 0.25) is 6.43 Å². The fraction of sp³-hybridized carbons (Fsp3) is 0.737. The minimum Gasteiger partial charge on any atom is -0.404 e. The summed E-state index contributed by atoms with van der Waals surface area (Å²) in [6, 6.07) is 0. The van der Waals surface area contributed by atoms with Crippen LogP contribution in [-0.4, -0.2) is 43.7 Å². The molecule has 0 aliphatic rings. The van der Waals surface area contributed by atoms with E-state index in [0.717, 1.165) is 62.9 Å². The summed E-state index contributed by atoms with van der Waals surface area (Å²) in [5.74, 6) is 0. The molecule has 0 aromatic carbocycles. The van der Waals surface area contributed by atoms with Gasteiger partial charge in [0.1, 0.15) is 0 Å². The van der Waals surface area contributed by atoms with Gasteiger partial charge in [-0.25, -0.2) is 8.78 Å². The number of alkyl halides is 2. The standard InChI is InChI=1S/C19H35F2N3/c1-4-6-13-24(15-12-19(20)21)14-8-7-9-18(23-3)11-10-17(5-2)16-22/h10-11,16,19H,4-9,12-15,22H2,1-3H3/b11-10-,17-16+,23-18?. The van der Waals surface area contributed by atoms with Crippen LogP contribution in [0.2, 0.25) is 0 Å². The highest BCUT2D eigenvalue weighted by atomic mass is 19.3. The number of aliphatic imine (C=N–C) groups is 1. The first-order valence-electron chi connectivity index (χ1n) is 9.12. The van der Waals surface area contributed by atoms with E-state index in [1.165, 1.54) is 0 Å². The quantitative estimate of drug-likeness (QED) is 0.280. The monoisotopic (exact) mass is 343 g/mol. The molecule has 2 N–H and O–H groups in total. The summed E-state index contributed by atoms with van der Waals surface area (Å²) < 4.78 is 24.8. The lowest BCUT2D eigenvalue weighted by Crippen LogP contribution is -2.28. The molecule has 0 aromatic heterocycles. The summed E-state index contributed by atoms with van der Waals surface area (Å²) in [6.07, 6.45) is 9.42. The van der Waals surface area contributed by atoms with Crippen molar-refractivity contribution in [3.63, 3.8) is 0 Å². The SMILES string of the molecule is CCCCN(CCCCC(/C=C\C(=C\N)CC)=NC)CCC(F)F. The topological polar surface area (TPSA) is 41.6 Å². The summed E-state index contributed by atoms with van der Waals surface area (Å²) in [6.45, 7) is 6.49. The number of nitrogens with two attached hydrogens (primary N) is 1.